The molecule has 1 unspecified atom stereocenters. The second-order valence-corrected chi connectivity index (χ2v) is 7.45. The van der Waals surface area contributed by atoms with Crippen LogP contribution in [0.2, 0.25) is 10.0 Å². The van der Waals surface area contributed by atoms with Gasteiger partial charge in [-0.1, -0.05) is 50.9 Å². The Kier molecular flexibility index (Phi) is 5.82. The first-order valence-corrected chi connectivity index (χ1v) is 8.49. The number of halogens is 3. The first kappa shape index (κ1) is 16.2. The molecular weight excluding hydrogens is 377 g/mol. The van der Waals surface area contributed by atoms with Gasteiger partial charge in [-0.15, -0.1) is 0 Å². The van der Waals surface area contributed by atoms with Crippen LogP contribution in [0, 0.1) is 0 Å². The molecule has 106 valence electrons. The Labute approximate surface area is 142 Å². The molecule has 5 heteroatoms. The van der Waals surface area contributed by atoms with E-state index in [-0.39, 0.29) is 6.04 Å². The van der Waals surface area contributed by atoms with Crippen LogP contribution in [0.4, 0.5) is 0 Å². The summed E-state index contributed by atoms with van der Waals surface area (Å²) < 4.78 is 1.05. The minimum Gasteiger partial charge on any atom is -0.328 e. The molecule has 2 aromatic rings. The highest BCUT2D eigenvalue weighted by Gasteiger charge is 2.10. The average molecular weight is 391 g/mol. The third-order valence-corrected chi connectivity index (χ3v) is 5.02. The van der Waals surface area contributed by atoms with Gasteiger partial charge in [-0.05, 0) is 55.3 Å². The van der Waals surface area contributed by atoms with E-state index in [4.69, 9.17) is 28.9 Å². The molecule has 20 heavy (non-hydrogen) atoms. The summed E-state index contributed by atoms with van der Waals surface area (Å²) in [5, 5.41) is 1.39. The quantitative estimate of drug-likeness (QED) is 0.713. The fourth-order valence-corrected chi connectivity index (χ4v) is 3.70. The van der Waals surface area contributed by atoms with Crippen LogP contribution in [0.5, 0.6) is 0 Å². The van der Waals surface area contributed by atoms with E-state index in [1.54, 1.807) is 17.8 Å². The normalized spacial score (nSPS) is 12.4. The molecule has 0 aliphatic carbocycles. The SMILES string of the molecule is CC(N)Cc1cc(Br)ccc1Sc1cc(Cl)ccc1Cl. The lowest BCUT2D eigenvalue weighted by Crippen LogP contribution is -2.18. The zero-order valence-electron chi connectivity index (χ0n) is 10.9. The van der Waals surface area contributed by atoms with Gasteiger partial charge in [-0.3, -0.25) is 0 Å². The molecule has 2 aromatic carbocycles. The summed E-state index contributed by atoms with van der Waals surface area (Å²) in [7, 11) is 0. The third kappa shape index (κ3) is 4.40. The van der Waals surface area contributed by atoms with Gasteiger partial charge in [0.15, 0.2) is 0 Å². The second-order valence-electron chi connectivity index (χ2n) is 4.61. The van der Waals surface area contributed by atoms with Crippen LogP contribution >= 0.6 is 50.9 Å². The summed E-state index contributed by atoms with van der Waals surface area (Å²) in [5.74, 6) is 0. The van der Waals surface area contributed by atoms with Crippen molar-refractivity contribution in [3.63, 3.8) is 0 Å². The van der Waals surface area contributed by atoms with Crippen LogP contribution in [0.15, 0.2) is 50.7 Å². The van der Waals surface area contributed by atoms with Crippen molar-refractivity contribution in [3.05, 3.63) is 56.5 Å². The predicted molar refractivity (Wildman–Crippen MR) is 92.1 cm³/mol. The number of hydrogen-bond donors (Lipinski definition) is 1. The van der Waals surface area contributed by atoms with Crippen LogP contribution in [-0.4, -0.2) is 6.04 Å². The van der Waals surface area contributed by atoms with Gasteiger partial charge in [-0.2, -0.15) is 0 Å². The van der Waals surface area contributed by atoms with Gasteiger partial charge in [0.25, 0.3) is 0 Å². The maximum atomic E-state index is 6.22. The van der Waals surface area contributed by atoms with E-state index >= 15 is 0 Å². The van der Waals surface area contributed by atoms with Crippen molar-refractivity contribution in [1.82, 2.24) is 0 Å². The Morgan fingerprint density at radius 3 is 2.60 bits per heavy atom. The Morgan fingerprint density at radius 1 is 1.15 bits per heavy atom. The van der Waals surface area contributed by atoms with Crippen LogP contribution in [0.25, 0.3) is 0 Å². The Balaban J connectivity index is 2.35. The van der Waals surface area contributed by atoms with Crippen molar-refractivity contribution in [2.75, 3.05) is 0 Å². The largest absolute Gasteiger partial charge is 0.328 e. The van der Waals surface area contributed by atoms with Gasteiger partial charge < -0.3 is 5.73 Å². The molecule has 0 spiro atoms. The smallest absolute Gasteiger partial charge is 0.0546 e. The van der Waals surface area contributed by atoms with Crippen molar-refractivity contribution in [2.24, 2.45) is 5.73 Å². The van der Waals surface area contributed by atoms with Gasteiger partial charge >= 0.3 is 0 Å². The lowest BCUT2D eigenvalue weighted by molar-refractivity contribution is 0.729. The number of hydrogen-bond acceptors (Lipinski definition) is 2. The maximum absolute atomic E-state index is 6.22. The van der Waals surface area contributed by atoms with Gasteiger partial charge in [0.2, 0.25) is 0 Å². The molecule has 0 bridgehead atoms. The van der Waals surface area contributed by atoms with Crippen LogP contribution in [0.1, 0.15) is 12.5 Å². The molecule has 0 saturated carbocycles. The van der Waals surface area contributed by atoms with E-state index in [1.807, 2.05) is 25.1 Å². The molecule has 0 aliphatic rings. The summed E-state index contributed by atoms with van der Waals surface area (Å²) in [6.07, 6.45) is 0.819. The summed E-state index contributed by atoms with van der Waals surface area (Å²) in [6, 6.07) is 11.8. The van der Waals surface area contributed by atoms with Gasteiger partial charge in [0.1, 0.15) is 0 Å². The van der Waals surface area contributed by atoms with Gasteiger partial charge in [0.05, 0.1) is 5.02 Å². The molecule has 0 amide bonds. The Morgan fingerprint density at radius 2 is 1.90 bits per heavy atom. The van der Waals surface area contributed by atoms with Gasteiger partial charge in [0, 0.05) is 25.3 Å². The lowest BCUT2D eigenvalue weighted by atomic mass is 10.1. The molecule has 0 aromatic heterocycles. The summed E-state index contributed by atoms with van der Waals surface area (Å²) in [5.41, 5.74) is 7.12. The maximum Gasteiger partial charge on any atom is 0.0546 e. The van der Waals surface area contributed by atoms with Crippen LogP contribution in [0.3, 0.4) is 0 Å². The molecule has 0 heterocycles. The minimum absolute atomic E-state index is 0.110. The van der Waals surface area contributed by atoms with E-state index in [0.29, 0.717) is 10.0 Å². The van der Waals surface area contributed by atoms with Crippen molar-refractivity contribution >= 4 is 50.9 Å². The van der Waals surface area contributed by atoms with E-state index in [0.717, 1.165) is 20.7 Å². The molecule has 2 N–H and O–H groups in total. The van der Waals surface area contributed by atoms with Crippen LogP contribution < -0.4 is 5.73 Å². The van der Waals surface area contributed by atoms with E-state index in [9.17, 15) is 0 Å². The fourth-order valence-electron chi connectivity index (χ4n) is 1.83. The molecule has 0 saturated heterocycles. The summed E-state index contributed by atoms with van der Waals surface area (Å²) in [4.78, 5) is 2.10. The molecular formula is C15H14BrCl2NS. The van der Waals surface area contributed by atoms with E-state index in [1.165, 1.54) is 5.56 Å². The zero-order chi connectivity index (χ0) is 14.7. The average Bonchev–Trinajstić information content (AvgIpc) is 2.36. The molecule has 0 aliphatic heterocycles. The monoisotopic (exact) mass is 389 g/mol. The predicted octanol–water partition coefficient (Wildman–Crippen LogP) is 5.80. The summed E-state index contributed by atoms with van der Waals surface area (Å²) in [6.45, 7) is 2.00. The Bertz CT molecular complexity index is 617. The highest BCUT2D eigenvalue weighted by atomic mass is 79.9. The molecule has 1 atom stereocenters. The van der Waals surface area contributed by atoms with Crippen molar-refractivity contribution in [3.8, 4) is 0 Å². The number of rotatable bonds is 4. The van der Waals surface area contributed by atoms with E-state index in [2.05, 4.69) is 28.1 Å². The molecule has 0 radical (unpaired) electrons. The minimum atomic E-state index is 0.110. The molecule has 1 nitrogen and oxygen atoms in total. The zero-order valence-corrected chi connectivity index (χ0v) is 14.8. The first-order valence-electron chi connectivity index (χ1n) is 6.12. The number of benzene rings is 2. The first-order chi connectivity index (χ1) is 9.45. The van der Waals surface area contributed by atoms with Crippen molar-refractivity contribution < 1.29 is 0 Å². The standard InChI is InChI=1S/C15H14BrCl2NS/c1-9(19)6-10-7-11(16)2-5-14(10)20-15-8-12(17)3-4-13(15)18/h2-5,7-9H,6,19H2,1H3. The Hall–Kier alpha value is -0.190. The third-order valence-electron chi connectivity index (χ3n) is 2.68. The van der Waals surface area contributed by atoms with E-state index < -0.39 is 0 Å². The lowest BCUT2D eigenvalue weighted by Gasteiger charge is -2.13. The fraction of sp³-hybridized carbons (Fsp3) is 0.200. The second kappa shape index (κ2) is 7.19. The summed E-state index contributed by atoms with van der Waals surface area (Å²) >= 11 is 17.4. The molecule has 2 rings (SSSR count). The highest BCUT2D eigenvalue weighted by Crippen LogP contribution is 2.37. The van der Waals surface area contributed by atoms with Crippen molar-refractivity contribution in [2.45, 2.75) is 29.2 Å². The topological polar surface area (TPSA) is 26.0 Å². The van der Waals surface area contributed by atoms with Gasteiger partial charge in [-0.25, -0.2) is 0 Å². The van der Waals surface area contributed by atoms with Crippen molar-refractivity contribution in [1.29, 1.82) is 0 Å². The van der Waals surface area contributed by atoms with Crippen LogP contribution in [-0.2, 0) is 6.42 Å². The molecule has 0 fully saturated rings. The number of nitrogens with two attached hydrogens (primary N) is 1. The highest BCUT2D eigenvalue weighted by molar-refractivity contribution is 9.10.